The first-order valence-corrected chi connectivity index (χ1v) is 5.37. The summed E-state index contributed by atoms with van der Waals surface area (Å²) in [5.41, 5.74) is 8.40. The highest BCUT2D eigenvalue weighted by Gasteiger charge is 2.09. The lowest BCUT2D eigenvalue weighted by molar-refractivity contribution is 0.355. The summed E-state index contributed by atoms with van der Waals surface area (Å²) in [6.45, 7) is 0. The molecule has 1 aromatic carbocycles. The van der Waals surface area contributed by atoms with Gasteiger partial charge in [0.2, 0.25) is 0 Å². The van der Waals surface area contributed by atoms with Gasteiger partial charge in [0, 0.05) is 0 Å². The Hall–Kier alpha value is -1.53. The Kier molecular flexibility index (Phi) is 4.99. The Morgan fingerprint density at radius 1 is 1.47 bits per heavy atom. The highest BCUT2D eigenvalue weighted by Crippen LogP contribution is 2.35. The largest absolute Gasteiger partial charge is 0.493 e. The fraction of sp³-hybridized carbons (Fsp3) is 0.200. The molecule has 92 valence electrons. The lowest BCUT2D eigenvalue weighted by atomic mass is 10.2. The smallest absolute Gasteiger partial charge is 0.184 e. The molecule has 0 radical (unpaired) electrons. The minimum absolute atomic E-state index is 0.0906. The van der Waals surface area contributed by atoms with E-state index in [4.69, 9.17) is 26.8 Å². The maximum Gasteiger partial charge on any atom is 0.184 e. The summed E-state index contributed by atoms with van der Waals surface area (Å²) < 4.78 is 10.2. The van der Waals surface area contributed by atoms with Crippen LogP contribution in [-0.4, -0.2) is 25.5 Å². The van der Waals surface area contributed by atoms with E-state index in [2.05, 4.69) is 22.7 Å². The van der Waals surface area contributed by atoms with E-state index in [0.29, 0.717) is 16.5 Å². The van der Waals surface area contributed by atoms with Gasteiger partial charge in [0.1, 0.15) is 0 Å². The zero-order valence-electron chi connectivity index (χ0n) is 9.36. The van der Waals surface area contributed by atoms with Crippen LogP contribution in [0.1, 0.15) is 5.56 Å². The van der Waals surface area contributed by atoms with E-state index in [1.54, 1.807) is 12.1 Å². The van der Waals surface area contributed by atoms with Crippen molar-refractivity contribution in [2.75, 3.05) is 14.2 Å². The summed E-state index contributed by atoms with van der Waals surface area (Å²) in [6.07, 6.45) is 1.52. The second-order valence-electron chi connectivity index (χ2n) is 2.97. The molecule has 0 aliphatic heterocycles. The van der Waals surface area contributed by atoms with Gasteiger partial charge in [-0.25, -0.2) is 0 Å². The van der Waals surface area contributed by atoms with Gasteiger partial charge < -0.3 is 15.2 Å². The number of hydrogen-bond acceptors (Lipinski definition) is 4. The van der Waals surface area contributed by atoms with Crippen LogP contribution >= 0.6 is 23.8 Å². The summed E-state index contributed by atoms with van der Waals surface area (Å²) in [7, 11) is 3.05. The molecule has 0 unspecified atom stereocenters. The molecule has 1 aromatic rings. The van der Waals surface area contributed by atoms with Crippen molar-refractivity contribution in [2.24, 2.45) is 10.8 Å². The van der Waals surface area contributed by atoms with Crippen LogP contribution in [0.15, 0.2) is 17.2 Å². The first kappa shape index (κ1) is 13.5. The molecule has 17 heavy (non-hydrogen) atoms. The molecule has 0 saturated heterocycles. The van der Waals surface area contributed by atoms with Crippen LogP contribution in [0.3, 0.4) is 0 Å². The van der Waals surface area contributed by atoms with Gasteiger partial charge in [0.25, 0.3) is 0 Å². The van der Waals surface area contributed by atoms with Crippen molar-refractivity contribution in [1.82, 2.24) is 5.43 Å². The molecule has 0 aliphatic rings. The summed E-state index contributed by atoms with van der Waals surface area (Å²) in [4.78, 5) is 0. The van der Waals surface area contributed by atoms with Crippen LogP contribution in [0.25, 0.3) is 0 Å². The molecular formula is C10H12ClN3O2S. The topological polar surface area (TPSA) is 68.9 Å². The maximum atomic E-state index is 6.02. The molecule has 0 amide bonds. The lowest BCUT2D eigenvalue weighted by Gasteiger charge is -2.09. The van der Waals surface area contributed by atoms with Crippen LogP contribution in [0.2, 0.25) is 5.02 Å². The predicted octanol–water partition coefficient (Wildman–Crippen LogP) is 1.52. The number of nitrogens with one attached hydrogen (secondary N) is 1. The Morgan fingerprint density at radius 3 is 2.71 bits per heavy atom. The number of rotatable bonds is 4. The van der Waals surface area contributed by atoms with E-state index < -0.39 is 0 Å². The number of methoxy groups -OCH3 is 2. The van der Waals surface area contributed by atoms with Crippen molar-refractivity contribution in [2.45, 2.75) is 0 Å². The van der Waals surface area contributed by atoms with Crippen LogP contribution < -0.4 is 20.6 Å². The molecule has 0 saturated carbocycles. The molecule has 0 atom stereocenters. The van der Waals surface area contributed by atoms with Crippen molar-refractivity contribution >= 4 is 35.1 Å². The highest BCUT2D eigenvalue weighted by molar-refractivity contribution is 7.80. The minimum atomic E-state index is 0.0906. The summed E-state index contributed by atoms with van der Waals surface area (Å²) in [5.74, 6) is 1.00. The van der Waals surface area contributed by atoms with Crippen molar-refractivity contribution in [3.63, 3.8) is 0 Å². The van der Waals surface area contributed by atoms with E-state index in [1.807, 2.05) is 0 Å². The first-order valence-electron chi connectivity index (χ1n) is 4.58. The monoisotopic (exact) mass is 273 g/mol. The van der Waals surface area contributed by atoms with Gasteiger partial charge in [-0.05, 0) is 29.9 Å². The molecule has 0 spiro atoms. The van der Waals surface area contributed by atoms with Gasteiger partial charge in [0.05, 0.1) is 25.5 Å². The molecule has 0 heterocycles. The van der Waals surface area contributed by atoms with E-state index in [1.165, 1.54) is 20.4 Å². The van der Waals surface area contributed by atoms with E-state index in [-0.39, 0.29) is 5.11 Å². The average Bonchev–Trinajstić information content (AvgIpc) is 2.27. The molecule has 0 aliphatic carbocycles. The third-order valence-corrected chi connectivity index (χ3v) is 2.22. The third kappa shape index (κ3) is 3.76. The van der Waals surface area contributed by atoms with Crippen molar-refractivity contribution in [3.05, 3.63) is 22.7 Å². The van der Waals surface area contributed by atoms with E-state index >= 15 is 0 Å². The quantitative estimate of drug-likeness (QED) is 0.495. The standard InChI is InChI=1S/C10H12ClN3O2S/c1-15-8-4-6(5-13-14-10(12)17)3-7(11)9(8)16-2/h3-5H,1-2H3,(H3,12,14,17)/b13-5-. The zero-order valence-corrected chi connectivity index (χ0v) is 10.9. The average molecular weight is 274 g/mol. The number of nitrogens with zero attached hydrogens (tertiary/aromatic N) is 1. The predicted molar refractivity (Wildman–Crippen MR) is 72.1 cm³/mol. The zero-order chi connectivity index (χ0) is 12.8. The highest BCUT2D eigenvalue weighted by atomic mass is 35.5. The van der Waals surface area contributed by atoms with Gasteiger partial charge in [0.15, 0.2) is 16.6 Å². The Balaban J connectivity index is 2.99. The number of nitrogens with two attached hydrogens (primary N) is 1. The Morgan fingerprint density at radius 2 is 2.18 bits per heavy atom. The van der Waals surface area contributed by atoms with Crippen LogP contribution in [0.4, 0.5) is 0 Å². The van der Waals surface area contributed by atoms with Gasteiger partial charge >= 0.3 is 0 Å². The number of hydrogen-bond donors (Lipinski definition) is 2. The molecule has 0 bridgehead atoms. The Bertz CT molecular complexity index is 451. The number of ether oxygens (including phenoxy) is 2. The second kappa shape index (κ2) is 6.27. The SMILES string of the molecule is COc1cc(/C=N\NC(N)=S)cc(Cl)c1OC. The molecular weight excluding hydrogens is 262 g/mol. The van der Waals surface area contributed by atoms with Crippen molar-refractivity contribution in [3.8, 4) is 11.5 Å². The summed E-state index contributed by atoms with van der Waals surface area (Å²) in [6, 6.07) is 3.42. The summed E-state index contributed by atoms with van der Waals surface area (Å²) in [5, 5.41) is 4.34. The van der Waals surface area contributed by atoms with Gasteiger partial charge in [-0.2, -0.15) is 5.10 Å². The Labute approximate surface area is 110 Å². The number of halogens is 1. The summed E-state index contributed by atoms with van der Waals surface area (Å²) >= 11 is 10.6. The third-order valence-electron chi connectivity index (χ3n) is 1.84. The van der Waals surface area contributed by atoms with Gasteiger partial charge in [-0.1, -0.05) is 11.6 Å². The van der Waals surface area contributed by atoms with Gasteiger partial charge in [-0.3, -0.25) is 5.43 Å². The number of benzene rings is 1. The number of thiocarbonyl (C=S) groups is 1. The van der Waals surface area contributed by atoms with Crippen LogP contribution in [0.5, 0.6) is 11.5 Å². The van der Waals surface area contributed by atoms with E-state index in [9.17, 15) is 0 Å². The first-order chi connectivity index (χ1) is 8.08. The van der Waals surface area contributed by atoms with Crippen LogP contribution in [0, 0.1) is 0 Å². The number of hydrazone groups is 1. The molecule has 0 fully saturated rings. The molecule has 0 aromatic heterocycles. The van der Waals surface area contributed by atoms with Crippen molar-refractivity contribution in [1.29, 1.82) is 0 Å². The van der Waals surface area contributed by atoms with Crippen LogP contribution in [-0.2, 0) is 0 Å². The molecule has 5 nitrogen and oxygen atoms in total. The van der Waals surface area contributed by atoms with Gasteiger partial charge in [-0.15, -0.1) is 0 Å². The second-order valence-corrected chi connectivity index (χ2v) is 3.82. The minimum Gasteiger partial charge on any atom is -0.493 e. The molecule has 3 N–H and O–H groups in total. The van der Waals surface area contributed by atoms with E-state index in [0.717, 1.165) is 5.56 Å². The maximum absolute atomic E-state index is 6.02. The lowest BCUT2D eigenvalue weighted by Crippen LogP contribution is -2.23. The molecule has 1 rings (SSSR count). The molecule has 7 heteroatoms. The fourth-order valence-corrected chi connectivity index (χ4v) is 1.53. The fourth-order valence-electron chi connectivity index (χ4n) is 1.18. The van der Waals surface area contributed by atoms with Crippen molar-refractivity contribution < 1.29 is 9.47 Å². The normalized spacial score (nSPS) is 10.3.